The van der Waals surface area contributed by atoms with Gasteiger partial charge >= 0.3 is 0 Å². The Labute approximate surface area is 125 Å². The minimum absolute atomic E-state index is 0.428. The zero-order valence-corrected chi connectivity index (χ0v) is 12.6. The Morgan fingerprint density at radius 3 is 2.57 bits per heavy atom. The second-order valence-electron chi connectivity index (χ2n) is 5.58. The quantitative estimate of drug-likeness (QED) is 0.754. The van der Waals surface area contributed by atoms with Gasteiger partial charge in [0.05, 0.1) is 0 Å². The second kappa shape index (κ2) is 6.15. The zero-order chi connectivity index (χ0) is 14.7. The van der Waals surface area contributed by atoms with E-state index in [1.165, 1.54) is 16.5 Å². The minimum Gasteiger partial charge on any atom is -0.461 e. The van der Waals surface area contributed by atoms with Crippen molar-refractivity contribution < 1.29 is 4.42 Å². The summed E-state index contributed by atoms with van der Waals surface area (Å²) >= 11 is 0. The lowest BCUT2D eigenvalue weighted by Crippen LogP contribution is -2.18. The van der Waals surface area contributed by atoms with Crippen molar-refractivity contribution in [2.24, 2.45) is 0 Å². The molecule has 0 bridgehead atoms. The molecule has 2 heteroatoms. The fourth-order valence-electron chi connectivity index (χ4n) is 2.89. The Morgan fingerprint density at radius 2 is 1.86 bits per heavy atom. The Morgan fingerprint density at radius 1 is 1.05 bits per heavy atom. The van der Waals surface area contributed by atoms with E-state index in [0.29, 0.717) is 5.92 Å². The number of rotatable bonds is 5. The molecule has 0 amide bonds. The molecule has 0 aliphatic heterocycles. The maximum atomic E-state index is 6.07. The molecule has 1 aromatic heterocycles. The van der Waals surface area contributed by atoms with E-state index >= 15 is 0 Å². The summed E-state index contributed by atoms with van der Waals surface area (Å²) in [7, 11) is 2.00. The molecule has 0 saturated carbocycles. The summed E-state index contributed by atoms with van der Waals surface area (Å²) in [6, 6.07) is 19.1. The molecular weight excluding hydrogens is 258 g/mol. The van der Waals surface area contributed by atoms with Gasteiger partial charge in [-0.2, -0.15) is 0 Å². The van der Waals surface area contributed by atoms with Gasteiger partial charge < -0.3 is 9.73 Å². The third kappa shape index (κ3) is 3.01. The Hall–Kier alpha value is -2.06. The molecule has 0 spiro atoms. The van der Waals surface area contributed by atoms with E-state index in [2.05, 4.69) is 66.8 Å². The van der Waals surface area contributed by atoms with Crippen LogP contribution in [0.25, 0.3) is 11.0 Å². The summed E-state index contributed by atoms with van der Waals surface area (Å²) in [4.78, 5) is 0. The van der Waals surface area contributed by atoms with Crippen LogP contribution in [0.5, 0.6) is 0 Å². The molecule has 1 heterocycles. The largest absolute Gasteiger partial charge is 0.461 e. The number of aryl methyl sites for hydroxylation is 1. The molecule has 0 aliphatic rings. The first-order chi connectivity index (χ1) is 10.3. The van der Waals surface area contributed by atoms with E-state index in [-0.39, 0.29) is 0 Å². The molecule has 1 N–H and O–H groups in total. The normalized spacial score (nSPS) is 12.7. The topological polar surface area (TPSA) is 25.2 Å². The van der Waals surface area contributed by atoms with Crippen molar-refractivity contribution in [3.63, 3.8) is 0 Å². The van der Waals surface area contributed by atoms with Gasteiger partial charge in [0.15, 0.2) is 0 Å². The summed E-state index contributed by atoms with van der Waals surface area (Å²) < 4.78 is 6.07. The van der Waals surface area contributed by atoms with Crippen LogP contribution in [-0.2, 0) is 6.42 Å². The van der Waals surface area contributed by atoms with Crippen LogP contribution in [-0.4, -0.2) is 13.6 Å². The predicted molar refractivity (Wildman–Crippen MR) is 87.8 cm³/mol. The fourth-order valence-corrected chi connectivity index (χ4v) is 2.89. The highest BCUT2D eigenvalue weighted by Gasteiger charge is 2.14. The van der Waals surface area contributed by atoms with Gasteiger partial charge in [-0.3, -0.25) is 0 Å². The summed E-state index contributed by atoms with van der Waals surface area (Å²) in [6.07, 6.45) is 0.916. The van der Waals surface area contributed by atoms with Gasteiger partial charge in [-0.25, -0.2) is 0 Å². The van der Waals surface area contributed by atoms with E-state index in [9.17, 15) is 0 Å². The van der Waals surface area contributed by atoms with Crippen molar-refractivity contribution >= 4 is 11.0 Å². The Bertz CT molecular complexity index is 715. The summed E-state index contributed by atoms with van der Waals surface area (Å²) in [5.41, 5.74) is 3.57. The van der Waals surface area contributed by atoms with Crippen LogP contribution in [0.15, 0.2) is 59.0 Å². The van der Waals surface area contributed by atoms with Crippen LogP contribution in [0, 0.1) is 6.92 Å². The van der Waals surface area contributed by atoms with Gasteiger partial charge in [-0.15, -0.1) is 0 Å². The summed E-state index contributed by atoms with van der Waals surface area (Å²) in [5, 5.41) is 4.49. The van der Waals surface area contributed by atoms with Crippen molar-refractivity contribution in [2.45, 2.75) is 19.3 Å². The molecule has 1 unspecified atom stereocenters. The standard InChI is InChI=1S/C19H21NO/c1-14-7-6-10-16-11-18(21-19(14)16)12-17(13-20-2)15-8-4-3-5-9-15/h3-11,17,20H,12-13H2,1-2H3. The Balaban J connectivity index is 1.89. The number of para-hydroxylation sites is 1. The maximum Gasteiger partial charge on any atom is 0.137 e. The van der Waals surface area contributed by atoms with Crippen LogP contribution < -0.4 is 5.32 Å². The first-order valence-corrected chi connectivity index (χ1v) is 7.45. The minimum atomic E-state index is 0.428. The third-order valence-corrected chi connectivity index (χ3v) is 3.96. The summed E-state index contributed by atoms with van der Waals surface area (Å²) in [6.45, 7) is 3.04. The number of benzene rings is 2. The molecule has 3 aromatic rings. The van der Waals surface area contributed by atoms with Crippen LogP contribution in [0.4, 0.5) is 0 Å². The molecule has 0 fully saturated rings. The molecular formula is C19H21NO. The van der Waals surface area contributed by atoms with E-state index in [1.54, 1.807) is 0 Å². The SMILES string of the molecule is CNCC(Cc1cc2cccc(C)c2o1)c1ccccc1. The molecule has 21 heavy (non-hydrogen) atoms. The smallest absolute Gasteiger partial charge is 0.137 e. The molecule has 108 valence electrons. The highest BCUT2D eigenvalue weighted by atomic mass is 16.3. The first-order valence-electron chi connectivity index (χ1n) is 7.45. The first kappa shape index (κ1) is 13.9. The van der Waals surface area contributed by atoms with Crippen molar-refractivity contribution in [1.29, 1.82) is 0 Å². The monoisotopic (exact) mass is 279 g/mol. The lowest BCUT2D eigenvalue weighted by atomic mass is 9.94. The van der Waals surface area contributed by atoms with Gasteiger partial charge in [-0.1, -0.05) is 48.5 Å². The van der Waals surface area contributed by atoms with Gasteiger partial charge in [0.2, 0.25) is 0 Å². The third-order valence-electron chi connectivity index (χ3n) is 3.96. The lowest BCUT2D eigenvalue weighted by molar-refractivity contribution is 0.505. The highest BCUT2D eigenvalue weighted by molar-refractivity contribution is 5.80. The van der Waals surface area contributed by atoms with E-state index in [1.807, 2.05) is 7.05 Å². The average molecular weight is 279 g/mol. The summed E-state index contributed by atoms with van der Waals surface area (Å²) in [5.74, 6) is 1.49. The van der Waals surface area contributed by atoms with Crippen molar-refractivity contribution in [1.82, 2.24) is 5.32 Å². The predicted octanol–water partition coefficient (Wildman–Crippen LogP) is 4.29. The lowest BCUT2D eigenvalue weighted by Gasteiger charge is -2.15. The van der Waals surface area contributed by atoms with E-state index < -0.39 is 0 Å². The van der Waals surface area contributed by atoms with Gasteiger partial charge in [0.1, 0.15) is 11.3 Å². The number of hydrogen-bond donors (Lipinski definition) is 1. The number of hydrogen-bond acceptors (Lipinski definition) is 2. The molecule has 2 aromatic carbocycles. The van der Waals surface area contributed by atoms with Crippen molar-refractivity contribution in [2.75, 3.05) is 13.6 Å². The molecule has 0 aliphatic carbocycles. The molecule has 0 radical (unpaired) electrons. The fraction of sp³-hybridized carbons (Fsp3) is 0.263. The van der Waals surface area contributed by atoms with Crippen LogP contribution in [0.1, 0.15) is 22.8 Å². The second-order valence-corrected chi connectivity index (χ2v) is 5.58. The van der Waals surface area contributed by atoms with E-state index in [0.717, 1.165) is 24.3 Å². The Kier molecular flexibility index (Phi) is 4.07. The maximum absolute atomic E-state index is 6.07. The van der Waals surface area contributed by atoms with Crippen LogP contribution in [0.3, 0.4) is 0 Å². The average Bonchev–Trinajstić information content (AvgIpc) is 2.92. The molecule has 3 rings (SSSR count). The number of nitrogens with one attached hydrogen (secondary N) is 1. The van der Waals surface area contributed by atoms with Crippen molar-refractivity contribution in [3.05, 3.63) is 71.5 Å². The van der Waals surface area contributed by atoms with Crippen LogP contribution in [0.2, 0.25) is 0 Å². The zero-order valence-electron chi connectivity index (χ0n) is 12.6. The molecule has 1 atom stereocenters. The highest BCUT2D eigenvalue weighted by Crippen LogP contribution is 2.27. The van der Waals surface area contributed by atoms with Gasteiger partial charge in [0.25, 0.3) is 0 Å². The van der Waals surface area contributed by atoms with Gasteiger partial charge in [-0.05, 0) is 31.2 Å². The van der Waals surface area contributed by atoms with Crippen LogP contribution >= 0.6 is 0 Å². The van der Waals surface area contributed by atoms with E-state index in [4.69, 9.17) is 4.42 Å². The van der Waals surface area contributed by atoms with Gasteiger partial charge in [0, 0.05) is 24.3 Å². The molecule has 2 nitrogen and oxygen atoms in total. The number of likely N-dealkylation sites (N-methyl/N-ethyl adjacent to an activating group) is 1. The number of fused-ring (bicyclic) bond motifs is 1. The van der Waals surface area contributed by atoms with Crippen molar-refractivity contribution in [3.8, 4) is 0 Å². The number of furan rings is 1. The molecule has 0 saturated heterocycles.